The Morgan fingerprint density at radius 2 is 1.92 bits per heavy atom. The fourth-order valence-electron chi connectivity index (χ4n) is 2.90. The molecule has 2 aliphatic rings. The van der Waals surface area contributed by atoms with Crippen LogP contribution in [0.2, 0.25) is 0 Å². The summed E-state index contributed by atoms with van der Waals surface area (Å²) in [6.07, 6.45) is 3.14. The number of aryl methyl sites for hydroxylation is 1. The Bertz CT molecular complexity index is 678. The largest absolute Gasteiger partial charge is 0.379 e. The van der Waals surface area contributed by atoms with Gasteiger partial charge in [-0.2, -0.15) is 0 Å². The van der Waals surface area contributed by atoms with Crippen molar-refractivity contribution < 1.29 is 9.53 Å². The number of amides is 1. The minimum Gasteiger partial charge on any atom is -0.379 e. The maximum Gasteiger partial charge on any atom is 0.224 e. The van der Waals surface area contributed by atoms with Crippen molar-refractivity contribution in [2.45, 2.75) is 26.2 Å². The smallest absolute Gasteiger partial charge is 0.224 e. The van der Waals surface area contributed by atoms with Crippen molar-refractivity contribution in [1.29, 1.82) is 0 Å². The molecule has 4 rings (SSSR count). The molecule has 0 atom stereocenters. The van der Waals surface area contributed by atoms with Crippen LogP contribution in [0.5, 0.6) is 0 Å². The minimum absolute atomic E-state index is 0. The third-order valence-electron chi connectivity index (χ3n) is 4.21. The molecule has 0 unspecified atom stereocenters. The van der Waals surface area contributed by atoms with Crippen LogP contribution in [-0.4, -0.2) is 43.7 Å². The number of nitrogens with zero attached hydrogens (tertiary/aromatic N) is 2. The van der Waals surface area contributed by atoms with E-state index in [0.29, 0.717) is 0 Å². The van der Waals surface area contributed by atoms with Crippen molar-refractivity contribution in [3.63, 3.8) is 0 Å². The van der Waals surface area contributed by atoms with Gasteiger partial charge in [0.05, 0.1) is 18.9 Å². The molecule has 3 heterocycles. The van der Waals surface area contributed by atoms with E-state index in [-0.39, 0.29) is 18.3 Å². The molecule has 2 aliphatic heterocycles. The molecule has 1 aromatic carbocycles. The Morgan fingerprint density at radius 3 is 2.50 bits per heavy atom. The van der Waals surface area contributed by atoms with Crippen molar-refractivity contribution in [2.75, 3.05) is 37.7 Å². The van der Waals surface area contributed by atoms with Crippen molar-refractivity contribution in [3.8, 4) is 10.6 Å². The van der Waals surface area contributed by atoms with E-state index >= 15 is 0 Å². The Hall–Kier alpha value is -1.47. The van der Waals surface area contributed by atoms with Gasteiger partial charge in [-0.3, -0.25) is 4.79 Å². The number of rotatable bonds is 1. The molecule has 0 saturated carbocycles. The highest BCUT2D eigenvalue weighted by atomic mass is 35.5. The summed E-state index contributed by atoms with van der Waals surface area (Å²) in [5.74, 6) is 0.117. The number of anilines is 1. The molecule has 1 amide bonds. The summed E-state index contributed by atoms with van der Waals surface area (Å²) in [6, 6.07) is 10.2. The Morgan fingerprint density at radius 1 is 1.19 bits per heavy atom. The highest BCUT2D eigenvalue weighted by molar-refractivity contribution is 7.19. The van der Waals surface area contributed by atoms with Crippen LogP contribution in [0.15, 0.2) is 30.3 Å². The van der Waals surface area contributed by atoms with Crippen LogP contribution in [0.25, 0.3) is 10.6 Å². The average molecular weight is 396 g/mol. The number of ether oxygens (including phenoxy) is 1. The second-order valence-electron chi connectivity index (χ2n) is 6.13. The van der Waals surface area contributed by atoms with Crippen LogP contribution >= 0.6 is 23.7 Å². The molecular formula is C19H26ClN3O2S. The lowest BCUT2D eigenvalue weighted by Gasteiger charge is -2.17. The first-order valence-electron chi connectivity index (χ1n) is 8.87. The van der Waals surface area contributed by atoms with E-state index in [1.54, 1.807) is 18.3 Å². The van der Waals surface area contributed by atoms with Crippen LogP contribution in [0.1, 0.15) is 25.5 Å². The normalized spacial score (nSPS) is 16.4. The highest BCUT2D eigenvalue weighted by Gasteiger charge is 2.23. The number of carbonyl (C=O) groups excluding carboxylic acids is 1. The van der Waals surface area contributed by atoms with Gasteiger partial charge in [-0.1, -0.05) is 41.7 Å². The summed E-state index contributed by atoms with van der Waals surface area (Å²) < 4.78 is 5.01. The van der Waals surface area contributed by atoms with Gasteiger partial charge in [0.25, 0.3) is 0 Å². The predicted octanol–water partition coefficient (Wildman–Crippen LogP) is 3.53. The van der Waals surface area contributed by atoms with E-state index < -0.39 is 0 Å². The van der Waals surface area contributed by atoms with Gasteiger partial charge in [-0.25, -0.2) is 4.98 Å². The molecule has 1 fully saturated rings. The van der Waals surface area contributed by atoms with Crippen molar-refractivity contribution in [2.24, 2.45) is 0 Å². The van der Waals surface area contributed by atoms with Crippen LogP contribution < -0.4 is 10.2 Å². The van der Waals surface area contributed by atoms with Gasteiger partial charge < -0.3 is 15.0 Å². The predicted molar refractivity (Wildman–Crippen MR) is 109 cm³/mol. The zero-order valence-electron chi connectivity index (χ0n) is 15.1. The molecule has 0 spiro atoms. The number of nitrogens with one attached hydrogen (secondary N) is 1. The van der Waals surface area contributed by atoms with Crippen LogP contribution in [0.4, 0.5) is 5.00 Å². The van der Waals surface area contributed by atoms with Gasteiger partial charge in [0.1, 0.15) is 10.0 Å². The standard InChI is InChI=1S/C15H16N2OS.C4H9NO.ClH/c1-11(18)17-10-6-5-9-13-15(17)19-14(16-13)12-7-3-2-4-8-12;1-3-6-4-2-5-1;/h2-4,7-8H,5-6,9-10H2,1H3;5H,1-4H2;1H. The molecule has 0 bridgehead atoms. The number of hydrogen-bond donors (Lipinski definition) is 1. The summed E-state index contributed by atoms with van der Waals surface area (Å²) in [5, 5.41) is 5.22. The van der Waals surface area contributed by atoms with E-state index in [4.69, 9.17) is 9.72 Å². The third kappa shape index (κ3) is 5.51. The number of halogens is 1. The Kier molecular flexibility index (Phi) is 8.51. The molecule has 142 valence electrons. The number of benzene rings is 1. The number of morpholine rings is 1. The maximum atomic E-state index is 11.8. The quantitative estimate of drug-likeness (QED) is 0.802. The monoisotopic (exact) mass is 395 g/mol. The van der Waals surface area contributed by atoms with E-state index in [0.717, 1.165) is 73.4 Å². The second kappa shape index (κ2) is 10.6. The molecule has 1 saturated heterocycles. The number of carbonyl (C=O) groups is 1. The first-order chi connectivity index (χ1) is 12.3. The van der Waals surface area contributed by atoms with E-state index in [1.807, 2.05) is 23.1 Å². The first-order valence-corrected chi connectivity index (χ1v) is 9.69. The number of thiazole rings is 1. The Labute approximate surface area is 165 Å². The van der Waals surface area contributed by atoms with Gasteiger partial charge in [-0.05, 0) is 19.3 Å². The van der Waals surface area contributed by atoms with Crippen molar-refractivity contribution in [1.82, 2.24) is 10.3 Å². The lowest BCUT2D eigenvalue weighted by atomic mass is 10.2. The van der Waals surface area contributed by atoms with E-state index in [9.17, 15) is 4.79 Å². The summed E-state index contributed by atoms with van der Waals surface area (Å²) in [5.41, 5.74) is 2.21. The van der Waals surface area contributed by atoms with Crippen LogP contribution in [0.3, 0.4) is 0 Å². The van der Waals surface area contributed by atoms with Gasteiger partial charge in [0.2, 0.25) is 5.91 Å². The molecule has 1 aromatic heterocycles. The molecule has 26 heavy (non-hydrogen) atoms. The number of aromatic nitrogens is 1. The summed E-state index contributed by atoms with van der Waals surface area (Å²) >= 11 is 1.63. The summed E-state index contributed by atoms with van der Waals surface area (Å²) in [4.78, 5) is 18.4. The summed E-state index contributed by atoms with van der Waals surface area (Å²) in [6.45, 7) is 6.29. The Balaban J connectivity index is 0.000000297. The molecule has 5 nitrogen and oxygen atoms in total. The van der Waals surface area contributed by atoms with E-state index in [1.165, 1.54) is 0 Å². The average Bonchev–Trinajstić information content (AvgIpc) is 2.98. The highest BCUT2D eigenvalue weighted by Crippen LogP contribution is 2.37. The zero-order valence-corrected chi connectivity index (χ0v) is 16.7. The lowest BCUT2D eigenvalue weighted by Crippen LogP contribution is -2.30. The SMILES string of the molecule is C1COCCN1.CC(=O)N1CCCCc2nc(-c3ccccc3)sc21.Cl. The molecule has 0 radical (unpaired) electrons. The van der Waals surface area contributed by atoms with Gasteiger partial charge >= 0.3 is 0 Å². The maximum absolute atomic E-state index is 11.8. The van der Waals surface area contributed by atoms with Crippen molar-refractivity contribution in [3.05, 3.63) is 36.0 Å². The van der Waals surface area contributed by atoms with Gasteiger partial charge in [0.15, 0.2) is 0 Å². The topological polar surface area (TPSA) is 54.5 Å². The van der Waals surface area contributed by atoms with E-state index in [2.05, 4.69) is 17.4 Å². The molecule has 7 heteroatoms. The lowest BCUT2D eigenvalue weighted by molar-refractivity contribution is -0.116. The van der Waals surface area contributed by atoms with Crippen LogP contribution in [0, 0.1) is 0 Å². The van der Waals surface area contributed by atoms with Crippen LogP contribution in [-0.2, 0) is 16.0 Å². The van der Waals surface area contributed by atoms with Crippen molar-refractivity contribution >= 4 is 34.7 Å². The fourth-order valence-corrected chi connectivity index (χ4v) is 4.09. The first kappa shape index (κ1) is 20.8. The summed E-state index contributed by atoms with van der Waals surface area (Å²) in [7, 11) is 0. The number of hydrogen-bond acceptors (Lipinski definition) is 5. The molecular weight excluding hydrogens is 370 g/mol. The third-order valence-corrected chi connectivity index (χ3v) is 5.38. The molecule has 0 aliphatic carbocycles. The fraction of sp³-hybridized carbons (Fsp3) is 0.474. The second-order valence-corrected chi connectivity index (χ2v) is 7.10. The van der Waals surface area contributed by atoms with Gasteiger partial charge in [0, 0.05) is 32.1 Å². The molecule has 1 N–H and O–H groups in total. The number of fused-ring (bicyclic) bond motifs is 1. The molecule has 2 aromatic rings. The minimum atomic E-state index is 0. The zero-order chi connectivity index (χ0) is 17.5. The van der Waals surface area contributed by atoms with Gasteiger partial charge in [-0.15, -0.1) is 12.4 Å².